The molecule has 2 aliphatic rings. The second kappa shape index (κ2) is 23.5. The molecule has 4 heterocycles. The summed E-state index contributed by atoms with van der Waals surface area (Å²) in [6.07, 6.45) is 9.70. The maximum Gasteiger partial charge on any atom is 0.321 e. The van der Waals surface area contributed by atoms with Gasteiger partial charge in [-0.25, -0.2) is 0 Å². The second-order valence-corrected chi connectivity index (χ2v) is 18.2. The van der Waals surface area contributed by atoms with Crippen molar-refractivity contribution < 1.29 is 38.7 Å². The summed E-state index contributed by atoms with van der Waals surface area (Å²) in [4.78, 5) is 27.3. The van der Waals surface area contributed by atoms with E-state index in [1.54, 1.807) is 49.1 Å². The number of aromatic nitrogens is 2. The summed E-state index contributed by atoms with van der Waals surface area (Å²) in [6.45, 7) is 6.78. The molecule has 0 spiro atoms. The Bertz CT molecular complexity index is 2870. The zero-order valence-corrected chi connectivity index (χ0v) is 40.6. The van der Waals surface area contributed by atoms with Crippen LogP contribution in [0, 0.1) is 19.3 Å². The van der Waals surface area contributed by atoms with Crippen LogP contribution in [0.3, 0.4) is 0 Å². The molecule has 6 aromatic rings. The normalized spacial score (nSPS) is 14.6. The first kappa shape index (κ1) is 50.0. The van der Waals surface area contributed by atoms with Gasteiger partial charge in [-0.15, -0.1) is 0 Å². The Kier molecular flexibility index (Phi) is 16.8. The summed E-state index contributed by atoms with van der Waals surface area (Å²) >= 11 is 13.7. The highest BCUT2D eigenvalue weighted by Gasteiger charge is 2.30. The Balaban J connectivity index is 1.01. The summed E-state index contributed by atoms with van der Waals surface area (Å²) in [6, 6.07) is 22.2. The van der Waals surface area contributed by atoms with Crippen LogP contribution in [0.5, 0.6) is 23.0 Å². The molecule has 2 aliphatic heterocycles. The molecule has 2 unspecified atom stereocenters. The fourth-order valence-corrected chi connectivity index (χ4v) is 9.07. The number of aliphatic hydroxyl groups is 1. The molecule has 2 atom stereocenters. The van der Waals surface area contributed by atoms with Crippen LogP contribution in [-0.4, -0.2) is 81.4 Å². The lowest BCUT2D eigenvalue weighted by atomic mass is 9.92. The van der Waals surface area contributed by atoms with E-state index >= 15 is 0 Å². The Morgan fingerprint density at radius 1 is 0.814 bits per heavy atom. The highest BCUT2D eigenvalue weighted by atomic mass is 35.5. The Hall–Kier alpha value is -6.39. The number of rotatable bonds is 24. The van der Waals surface area contributed by atoms with E-state index in [2.05, 4.69) is 40.9 Å². The first-order valence-electron chi connectivity index (χ1n) is 23.2. The van der Waals surface area contributed by atoms with Crippen molar-refractivity contribution in [3.05, 3.63) is 163 Å². The predicted molar refractivity (Wildman–Crippen MR) is 270 cm³/mol. The van der Waals surface area contributed by atoms with Gasteiger partial charge in [-0.1, -0.05) is 59.6 Å². The molecule has 4 aromatic carbocycles. The molecule has 364 valence electrons. The molecule has 0 bridgehead atoms. The van der Waals surface area contributed by atoms with Crippen molar-refractivity contribution in [2.75, 3.05) is 26.3 Å². The largest absolute Gasteiger partial charge is 0.488 e. The Labute approximate surface area is 417 Å². The molecule has 2 aromatic heterocycles. The number of aliphatic imine (C=N–C) groups is 1. The van der Waals surface area contributed by atoms with Crippen molar-refractivity contribution in [1.29, 1.82) is 5.41 Å². The molecule has 16 heteroatoms. The number of hydrogen-bond donors (Lipinski definition) is 4. The number of aliphatic carboxylic acids is 1. The van der Waals surface area contributed by atoms with Gasteiger partial charge in [0.05, 0.1) is 28.4 Å². The molecule has 70 heavy (non-hydrogen) atoms. The van der Waals surface area contributed by atoms with E-state index in [4.69, 9.17) is 58.0 Å². The minimum absolute atomic E-state index is 0.0464. The van der Waals surface area contributed by atoms with Crippen LogP contribution < -0.4 is 24.7 Å². The van der Waals surface area contributed by atoms with Crippen LogP contribution in [0.25, 0.3) is 11.1 Å². The number of halogens is 2. The molecular weight excluding hydrogens is 932 g/mol. The molecule has 5 N–H and O–H groups in total. The number of carboxylic acid groups (broad SMARTS) is 1. The number of pyridine rings is 2. The molecule has 1 fully saturated rings. The number of benzene rings is 4. The molecule has 14 nitrogen and oxygen atoms in total. The van der Waals surface area contributed by atoms with Crippen molar-refractivity contribution in [3.8, 4) is 34.1 Å². The predicted octanol–water partition coefficient (Wildman–Crippen LogP) is 9.46. The fourth-order valence-electron chi connectivity index (χ4n) is 8.59. The number of nitrogens with one attached hydrogen (secondary N) is 1. The van der Waals surface area contributed by atoms with Crippen molar-refractivity contribution in [1.82, 2.24) is 14.9 Å². The SMILES string of the molecule is Cc1c(COc2cc(OCc3cncc(C=N)c3)c(CN)cc2Cl)cccc1-c1cccc(COc2cc(OCc3cncc(C4=NC4)c3)c(CN(CC3CCCO3)C(CCO)C(=O)O)cc2Cl)c1C. The first-order chi connectivity index (χ1) is 34.0. The third-order valence-corrected chi connectivity index (χ3v) is 13.2. The molecular formula is C54H56Cl2N6O8. The van der Waals surface area contributed by atoms with Crippen LogP contribution >= 0.6 is 23.2 Å². The molecule has 0 radical (unpaired) electrons. The summed E-state index contributed by atoms with van der Waals surface area (Å²) in [5, 5.41) is 28.5. The van der Waals surface area contributed by atoms with Gasteiger partial charge in [0.2, 0.25) is 0 Å². The van der Waals surface area contributed by atoms with E-state index in [-0.39, 0.29) is 58.6 Å². The number of nitrogens with two attached hydrogens (primary N) is 1. The van der Waals surface area contributed by atoms with Crippen LogP contribution in [0.2, 0.25) is 10.0 Å². The quantitative estimate of drug-likeness (QED) is 0.0420. The van der Waals surface area contributed by atoms with Crippen molar-refractivity contribution in [2.24, 2.45) is 10.7 Å². The van der Waals surface area contributed by atoms with E-state index in [0.29, 0.717) is 63.9 Å². The number of ether oxygens (including phenoxy) is 5. The summed E-state index contributed by atoms with van der Waals surface area (Å²) in [5.74, 6) is 0.847. The number of carbonyl (C=O) groups is 1. The summed E-state index contributed by atoms with van der Waals surface area (Å²) in [7, 11) is 0. The number of nitrogens with zero attached hydrogens (tertiary/aromatic N) is 4. The van der Waals surface area contributed by atoms with Gasteiger partial charge in [-0.3, -0.25) is 24.7 Å². The monoisotopic (exact) mass is 986 g/mol. The molecule has 1 saturated heterocycles. The fraction of sp³-hybridized carbons (Fsp3) is 0.315. The van der Waals surface area contributed by atoms with Crippen molar-refractivity contribution in [2.45, 2.75) is 84.8 Å². The third kappa shape index (κ3) is 12.5. The lowest BCUT2D eigenvalue weighted by molar-refractivity contribution is -0.145. The third-order valence-electron chi connectivity index (χ3n) is 12.6. The first-order valence-corrected chi connectivity index (χ1v) is 23.9. The minimum atomic E-state index is -1.03. The summed E-state index contributed by atoms with van der Waals surface area (Å²) < 4.78 is 31.5. The lowest BCUT2D eigenvalue weighted by Gasteiger charge is -2.31. The minimum Gasteiger partial charge on any atom is -0.488 e. The van der Waals surface area contributed by atoms with Gasteiger partial charge in [-0.05, 0) is 90.8 Å². The van der Waals surface area contributed by atoms with Gasteiger partial charge >= 0.3 is 5.97 Å². The molecule has 0 aliphatic carbocycles. The molecule has 0 amide bonds. The average Bonchev–Trinajstić information content (AvgIpc) is 4.10. The van der Waals surface area contributed by atoms with Crippen molar-refractivity contribution in [3.63, 3.8) is 0 Å². The zero-order valence-electron chi connectivity index (χ0n) is 39.1. The number of aliphatic hydroxyl groups excluding tert-OH is 1. The molecule has 0 saturated carbocycles. The standard InChI is InChI=1S/C54H56Cl2N6O8/c1-33-38(31-69-52-18-50(40(21-58)16-46(52)55)67-29-36-14-35(20-57)22-59-23-36)6-3-9-44(33)45-10-4-7-39(34(45)2)32-70-53-19-51(68-30-37-15-41(25-60-24-37)48-26-61-48)42(17-47(53)56)27-62(28-43-8-5-13-66-43)49(11-12-63)54(64)65/h3-4,6-7,9-10,14-20,22-25,43,49,57,63H,5,8,11-13,21,26-32,58H2,1-2H3,(H,64,65). The Morgan fingerprint density at radius 3 is 1.96 bits per heavy atom. The highest BCUT2D eigenvalue weighted by Crippen LogP contribution is 2.38. The van der Waals surface area contributed by atoms with Crippen LogP contribution in [0.4, 0.5) is 0 Å². The van der Waals surface area contributed by atoms with E-state index < -0.39 is 12.0 Å². The number of carboxylic acids is 1. The van der Waals surface area contributed by atoms with E-state index in [9.17, 15) is 15.0 Å². The topological polar surface area (TPSA) is 195 Å². The smallest absolute Gasteiger partial charge is 0.321 e. The van der Waals surface area contributed by atoms with Gasteiger partial charge in [0.25, 0.3) is 0 Å². The van der Waals surface area contributed by atoms with E-state index in [0.717, 1.165) is 74.2 Å². The van der Waals surface area contributed by atoms with Gasteiger partial charge in [0, 0.05) is 109 Å². The van der Waals surface area contributed by atoms with Crippen molar-refractivity contribution >= 4 is 41.1 Å². The van der Waals surface area contributed by atoms with E-state index in [1.807, 2.05) is 41.3 Å². The highest BCUT2D eigenvalue weighted by molar-refractivity contribution is 6.32. The van der Waals surface area contributed by atoms with Gasteiger partial charge < -0.3 is 45.0 Å². The van der Waals surface area contributed by atoms with Crippen LogP contribution in [0.1, 0.15) is 74.9 Å². The molecule has 8 rings (SSSR count). The van der Waals surface area contributed by atoms with E-state index in [1.165, 1.54) is 6.21 Å². The second-order valence-electron chi connectivity index (χ2n) is 17.4. The van der Waals surface area contributed by atoms with Crippen LogP contribution in [-0.2, 0) is 49.0 Å². The lowest BCUT2D eigenvalue weighted by Crippen LogP contribution is -2.45. The zero-order chi connectivity index (χ0) is 49.1. The van der Waals surface area contributed by atoms with Crippen LogP contribution in [0.15, 0.2) is 103 Å². The van der Waals surface area contributed by atoms with Gasteiger partial charge in [0.1, 0.15) is 55.5 Å². The summed E-state index contributed by atoms with van der Waals surface area (Å²) in [5.41, 5.74) is 17.8. The van der Waals surface area contributed by atoms with Gasteiger partial charge in [-0.2, -0.15) is 0 Å². The maximum absolute atomic E-state index is 12.6. The van der Waals surface area contributed by atoms with Gasteiger partial charge in [0.15, 0.2) is 0 Å². The Morgan fingerprint density at radius 2 is 1.40 bits per heavy atom. The maximum atomic E-state index is 12.6. The number of hydrogen-bond acceptors (Lipinski definition) is 13. The average molecular weight is 988 g/mol.